The average molecular weight is 350 g/mol. The number of anilines is 1. The summed E-state index contributed by atoms with van der Waals surface area (Å²) in [5.41, 5.74) is 0.984. The molecule has 0 aromatic heterocycles. The number of nitrogens with one attached hydrogen (secondary N) is 2. The molecule has 2 aromatic rings. The van der Waals surface area contributed by atoms with Gasteiger partial charge in [0.05, 0.1) is 12.0 Å². The molecule has 0 radical (unpaired) electrons. The monoisotopic (exact) mass is 350 g/mol. The van der Waals surface area contributed by atoms with Crippen molar-refractivity contribution in [2.45, 2.75) is 26.1 Å². The average Bonchev–Trinajstić information content (AvgIpc) is 2.53. The van der Waals surface area contributed by atoms with Crippen LogP contribution < -0.4 is 10.6 Å². The van der Waals surface area contributed by atoms with Crippen LogP contribution in [0.1, 0.15) is 23.6 Å². The number of alkyl halides is 3. The summed E-state index contributed by atoms with van der Waals surface area (Å²) >= 11 is 0. The van der Waals surface area contributed by atoms with Crippen LogP contribution in [-0.4, -0.2) is 11.8 Å². The minimum atomic E-state index is -4.43. The molecule has 2 aromatic carbocycles. The Hall–Kier alpha value is -2.83. The zero-order chi connectivity index (χ0) is 18.4. The molecule has 132 valence electrons. The maximum Gasteiger partial charge on any atom is 0.416 e. The highest BCUT2D eigenvalue weighted by molar-refractivity contribution is 5.88. The maximum atomic E-state index is 12.7. The molecule has 0 fully saturated rings. The molecule has 0 saturated heterocycles. The van der Waals surface area contributed by atoms with Crippen LogP contribution in [0.4, 0.5) is 18.9 Å². The summed E-state index contributed by atoms with van der Waals surface area (Å²) < 4.78 is 38.0. The lowest BCUT2D eigenvalue weighted by Gasteiger charge is -2.09. The first-order valence-corrected chi connectivity index (χ1v) is 7.53. The highest BCUT2D eigenvalue weighted by Gasteiger charge is 2.30. The molecule has 2 amide bonds. The third-order valence-electron chi connectivity index (χ3n) is 3.38. The fourth-order valence-corrected chi connectivity index (χ4v) is 2.22. The van der Waals surface area contributed by atoms with Gasteiger partial charge in [-0.05, 0) is 29.3 Å². The Morgan fingerprint density at radius 3 is 2.28 bits per heavy atom. The van der Waals surface area contributed by atoms with Crippen LogP contribution in [0.3, 0.4) is 0 Å². The van der Waals surface area contributed by atoms with Crippen LogP contribution in [0.15, 0.2) is 48.5 Å². The molecule has 0 aliphatic carbocycles. The summed E-state index contributed by atoms with van der Waals surface area (Å²) in [7, 11) is 0. The Bertz CT molecular complexity index is 756. The standard InChI is InChI=1S/C18H17F3N2O2/c1-12(24)23-16-7-5-13(6-8-16)11-22-17(25)10-14-3-2-4-15(9-14)18(19,20)21/h2-9H,10-11H2,1H3,(H,22,25)(H,23,24). The zero-order valence-corrected chi connectivity index (χ0v) is 13.5. The minimum absolute atomic E-state index is 0.131. The molecule has 0 spiro atoms. The maximum absolute atomic E-state index is 12.7. The van der Waals surface area contributed by atoms with Gasteiger partial charge in [0.25, 0.3) is 0 Å². The van der Waals surface area contributed by atoms with Crippen molar-refractivity contribution in [2.75, 3.05) is 5.32 Å². The predicted molar refractivity (Wildman–Crippen MR) is 87.7 cm³/mol. The van der Waals surface area contributed by atoms with Gasteiger partial charge in [-0.15, -0.1) is 0 Å². The number of halogens is 3. The third-order valence-corrected chi connectivity index (χ3v) is 3.38. The van der Waals surface area contributed by atoms with E-state index in [1.54, 1.807) is 24.3 Å². The lowest BCUT2D eigenvalue weighted by Crippen LogP contribution is -2.24. The largest absolute Gasteiger partial charge is 0.416 e. The van der Waals surface area contributed by atoms with Crippen LogP contribution >= 0.6 is 0 Å². The topological polar surface area (TPSA) is 58.2 Å². The Labute approximate surface area is 143 Å². The van der Waals surface area contributed by atoms with Crippen LogP contribution in [0.5, 0.6) is 0 Å². The van der Waals surface area contributed by atoms with Gasteiger partial charge in [-0.1, -0.05) is 30.3 Å². The number of amides is 2. The van der Waals surface area contributed by atoms with Gasteiger partial charge < -0.3 is 10.6 Å². The van der Waals surface area contributed by atoms with Crippen LogP contribution in [0.25, 0.3) is 0 Å². The van der Waals surface area contributed by atoms with Gasteiger partial charge in [0.15, 0.2) is 0 Å². The van der Waals surface area contributed by atoms with E-state index in [-0.39, 0.29) is 24.8 Å². The van der Waals surface area contributed by atoms with Gasteiger partial charge in [-0.2, -0.15) is 13.2 Å². The van der Waals surface area contributed by atoms with Gasteiger partial charge in [0, 0.05) is 19.2 Å². The summed E-state index contributed by atoms with van der Waals surface area (Å²) in [4.78, 5) is 22.8. The quantitative estimate of drug-likeness (QED) is 0.867. The van der Waals surface area contributed by atoms with Crippen molar-refractivity contribution >= 4 is 17.5 Å². The number of carbonyl (C=O) groups excluding carboxylic acids is 2. The fourth-order valence-electron chi connectivity index (χ4n) is 2.22. The molecule has 0 aliphatic heterocycles. The zero-order valence-electron chi connectivity index (χ0n) is 13.5. The molecular formula is C18H17F3N2O2. The summed E-state index contributed by atoms with van der Waals surface area (Å²) in [6.45, 7) is 1.65. The highest BCUT2D eigenvalue weighted by atomic mass is 19.4. The normalized spacial score (nSPS) is 11.0. The molecule has 0 atom stereocenters. The molecule has 7 heteroatoms. The smallest absolute Gasteiger partial charge is 0.352 e. The van der Waals surface area contributed by atoms with Gasteiger partial charge in [0.1, 0.15) is 0 Å². The molecule has 2 N–H and O–H groups in total. The Morgan fingerprint density at radius 1 is 1.00 bits per heavy atom. The van der Waals surface area contributed by atoms with Crippen LogP contribution in [0, 0.1) is 0 Å². The van der Waals surface area contributed by atoms with E-state index in [1.165, 1.54) is 19.1 Å². The van der Waals surface area contributed by atoms with E-state index < -0.39 is 11.7 Å². The van der Waals surface area contributed by atoms with Gasteiger partial charge in [-0.25, -0.2) is 0 Å². The van der Waals surface area contributed by atoms with Crippen LogP contribution in [-0.2, 0) is 28.7 Å². The van der Waals surface area contributed by atoms with Crippen molar-refractivity contribution in [2.24, 2.45) is 0 Å². The molecule has 4 nitrogen and oxygen atoms in total. The van der Waals surface area contributed by atoms with Gasteiger partial charge in [-0.3, -0.25) is 9.59 Å². The first-order chi connectivity index (χ1) is 11.7. The lowest BCUT2D eigenvalue weighted by atomic mass is 10.1. The summed E-state index contributed by atoms with van der Waals surface area (Å²) in [5, 5.41) is 5.29. The molecule has 0 bridgehead atoms. The summed E-state index contributed by atoms with van der Waals surface area (Å²) in [6, 6.07) is 11.6. The summed E-state index contributed by atoms with van der Waals surface area (Å²) in [6.07, 6.45) is -4.56. The van der Waals surface area contributed by atoms with Crippen molar-refractivity contribution < 1.29 is 22.8 Å². The SMILES string of the molecule is CC(=O)Nc1ccc(CNC(=O)Cc2cccc(C(F)(F)F)c2)cc1. The fraction of sp³-hybridized carbons (Fsp3) is 0.222. The molecule has 0 heterocycles. The van der Waals surface area contributed by atoms with E-state index >= 15 is 0 Å². The van der Waals surface area contributed by atoms with Crippen LogP contribution in [0.2, 0.25) is 0 Å². The minimum Gasteiger partial charge on any atom is -0.352 e. The number of benzene rings is 2. The number of hydrogen-bond donors (Lipinski definition) is 2. The Morgan fingerprint density at radius 2 is 1.68 bits per heavy atom. The summed E-state index contributed by atoms with van der Waals surface area (Å²) in [5.74, 6) is -0.549. The van der Waals surface area contributed by atoms with E-state index in [0.29, 0.717) is 11.3 Å². The Kier molecular flexibility index (Phi) is 5.80. The van der Waals surface area contributed by atoms with E-state index in [9.17, 15) is 22.8 Å². The van der Waals surface area contributed by atoms with Crippen molar-refractivity contribution in [3.8, 4) is 0 Å². The van der Waals surface area contributed by atoms with Gasteiger partial charge >= 0.3 is 6.18 Å². The Balaban J connectivity index is 1.89. The molecular weight excluding hydrogens is 333 g/mol. The second kappa shape index (κ2) is 7.83. The molecule has 0 unspecified atom stereocenters. The first kappa shape index (κ1) is 18.5. The number of hydrogen-bond acceptors (Lipinski definition) is 2. The molecule has 2 rings (SSSR count). The van der Waals surface area contributed by atoms with Gasteiger partial charge in [0.2, 0.25) is 11.8 Å². The van der Waals surface area contributed by atoms with Crippen molar-refractivity contribution in [3.63, 3.8) is 0 Å². The lowest BCUT2D eigenvalue weighted by molar-refractivity contribution is -0.137. The van der Waals surface area contributed by atoms with Crippen molar-refractivity contribution in [1.29, 1.82) is 0 Å². The molecule has 0 aliphatic rings. The van der Waals surface area contributed by atoms with Crippen molar-refractivity contribution in [3.05, 3.63) is 65.2 Å². The number of carbonyl (C=O) groups is 2. The predicted octanol–water partition coefficient (Wildman–Crippen LogP) is 3.52. The second-order valence-corrected chi connectivity index (χ2v) is 5.53. The van der Waals surface area contributed by atoms with Crippen molar-refractivity contribution in [1.82, 2.24) is 5.32 Å². The van der Waals surface area contributed by atoms with E-state index in [0.717, 1.165) is 17.7 Å². The molecule has 0 saturated carbocycles. The van der Waals surface area contributed by atoms with E-state index in [1.807, 2.05) is 0 Å². The van der Waals surface area contributed by atoms with E-state index in [4.69, 9.17) is 0 Å². The first-order valence-electron chi connectivity index (χ1n) is 7.53. The highest BCUT2D eigenvalue weighted by Crippen LogP contribution is 2.29. The second-order valence-electron chi connectivity index (χ2n) is 5.53. The third kappa shape index (κ3) is 5.95. The van der Waals surface area contributed by atoms with E-state index in [2.05, 4.69) is 10.6 Å². The number of rotatable bonds is 5. The molecule has 25 heavy (non-hydrogen) atoms.